The summed E-state index contributed by atoms with van der Waals surface area (Å²) < 4.78 is 5.49. The van der Waals surface area contributed by atoms with Gasteiger partial charge in [0.1, 0.15) is 11.3 Å². The van der Waals surface area contributed by atoms with Crippen LogP contribution in [0.5, 0.6) is 5.75 Å². The maximum Gasteiger partial charge on any atom is 0.327 e. The van der Waals surface area contributed by atoms with Gasteiger partial charge in [0.15, 0.2) is 0 Å². The molecule has 0 aromatic heterocycles. The average Bonchev–Trinajstić information content (AvgIpc) is 3.07. The summed E-state index contributed by atoms with van der Waals surface area (Å²) in [7, 11) is 7.53. The van der Waals surface area contributed by atoms with Crippen molar-refractivity contribution >= 4 is 40.2 Å². The summed E-state index contributed by atoms with van der Waals surface area (Å²) in [5.41, 5.74) is 5.41. The molecule has 0 spiro atoms. The number of nitro groups is 1. The third kappa shape index (κ3) is 5.08. The quantitative estimate of drug-likeness (QED) is 0.145. The van der Waals surface area contributed by atoms with E-state index in [1.54, 1.807) is 24.1 Å². The van der Waals surface area contributed by atoms with Gasteiger partial charge in [0.05, 0.1) is 17.7 Å². The topological polar surface area (TPSA) is 91.2 Å². The van der Waals surface area contributed by atoms with Crippen molar-refractivity contribution < 1.29 is 14.5 Å². The third-order valence-corrected chi connectivity index (χ3v) is 8.33. The summed E-state index contributed by atoms with van der Waals surface area (Å²) in [5, 5.41) is 14.6. The van der Waals surface area contributed by atoms with Crippen LogP contribution in [0, 0.1) is 10.1 Å². The number of anilines is 5. The van der Waals surface area contributed by atoms with Crippen LogP contribution >= 0.6 is 0 Å². The highest BCUT2D eigenvalue weighted by molar-refractivity contribution is 6.08. The molecule has 0 saturated heterocycles. The van der Waals surface area contributed by atoms with Gasteiger partial charge >= 0.3 is 6.03 Å². The molecule has 1 unspecified atom stereocenters. The molecule has 9 heteroatoms. The molecular formula is C36H33N5O4. The summed E-state index contributed by atoms with van der Waals surface area (Å²) in [6, 6.07) is 37.7. The van der Waals surface area contributed by atoms with Crippen molar-refractivity contribution in [3.8, 4) is 5.75 Å². The van der Waals surface area contributed by atoms with Gasteiger partial charge in [-0.05, 0) is 71.8 Å². The molecule has 9 nitrogen and oxygen atoms in total. The summed E-state index contributed by atoms with van der Waals surface area (Å²) in [6.45, 7) is 0. The molecule has 226 valence electrons. The predicted molar refractivity (Wildman–Crippen MR) is 179 cm³/mol. The molecule has 45 heavy (non-hydrogen) atoms. The lowest BCUT2D eigenvalue weighted by molar-refractivity contribution is -0.384. The van der Waals surface area contributed by atoms with Crippen molar-refractivity contribution in [1.82, 2.24) is 0 Å². The number of rotatable bonds is 8. The fraction of sp³-hybridized carbons (Fsp3) is 0.139. The molecule has 5 aromatic rings. The number of carbonyl (C=O) groups is 1. The molecule has 1 N–H and O–H groups in total. The number of amides is 2. The highest BCUT2D eigenvalue weighted by atomic mass is 16.6. The Kier molecular flexibility index (Phi) is 7.60. The smallest absolute Gasteiger partial charge is 0.327 e. The van der Waals surface area contributed by atoms with Crippen LogP contribution in [-0.4, -0.2) is 39.2 Å². The maximum atomic E-state index is 14.3. The lowest BCUT2D eigenvalue weighted by Crippen LogP contribution is -2.56. The number of non-ortho nitro benzene ring substituents is 1. The Labute approximate surface area is 262 Å². The number of ether oxygens (including phenoxy) is 1. The molecule has 5 aromatic carbocycles. The molecule has 0 radical (unpaired) electrons. The Balaban J connectivity index is 1.63. The standard InChI is InChI=1S/C36H33N5O4/c1-38(2)31-20-23-33-34(24-31)37-35(42)40(29-16-18-30(19-17-29)41(43)44)36(33,26-12-21-32(45-4)22-13-26)25-10-14-28(15-11-25)39(3)27-8-6-5-7-9-27/h5-24H,1-4H3,(H,37,42). The fourth-order valence-electron chi connectivity index (χ4n) is 6.00. The highest BCUT2D eigenvalue weighted by Crippen LogP contribution is 2.51. The molecule has 2 amide bonds. The van der Waals surface area contributed by atoms with Crippen molar-refractivity contribution in [3.63, 3.8) is 0 Å². The van der Waals surface area contributed by atoms with Crippen LogP contribution in [0.4, 0.5) is 38.9 Å². The number of fused-ring (bicyclic) bond motifs is 1. The van der Waals surface area contributed by atoms with Crippen LogP contribution in [0.3, 0.4) is 0 Å². The minimum Gasteiger partial charge on any atom is -0.497 e. The Hall–Kier alpha value is -5.83. The van der Waals surface area contributed by atoms with Crippen molar-refractivity contribution in [1.29, 1.82) is 0 Å². The van der Waals surface area contributed by atoms with Crippen LogP contribution in [0.25, 0.3) is 0 Å². The summed E-state index contributed by atoms with van der Waals surface area (Å²) in [6.07, 6.45) is 0. The number of nitrogens with one attached hydrogen (secondary N) is 1. The Morgan fingerprint density at radius 3 is 1.91 bits per heavy atom. The monoisotopic (exact) mass is 599 g/mol. The largest absolute Gasteiger partial charge is 0.497 e. The van der Waals surface area contributed by atoms with E-state index in [1.165, 1.54) is 12.1 Å². The number of carbonyl (C=O) groups excluding carboxylic acids is 1. The van der Waals surface area contributed by atoms with E-state index in [0.29, 0.717) is 17.1 Å². The van der Waals surface area contributed by atoms with Crippen molar-refractivity contribution in [2.75, 3.05) is 48.3 Å². The van der Waals surface area contributed by atoms with E-state index >= 15 is 0 Å². The normalized spacial score (nSPS) is 15.6. The lowest BCUT2D eigenvalue weighted by atomic mass is 9.73. The Bertz CT molecular complexity index is 1840. The van der Waals surface area contributed by atoms with E-state index in [0.717, 1.165) is 33.8 Å². The number of urea groups is 1. The maximum absolute atomic E-state index is 14.3. The van der Waals surface area contributed by atoms with E-state index in [1.807, 2.05) is 123 Å². The average molecular weight is 600 g/mol. The van der Waals surface area contributed by atoms with E-state index in [-0.39, 0.29) is 11.7 Å². The van der Waals surface area contributed by atoms with E-state index in [2.05, 4.69) is 10.2 Å². The number of hydrogen-bond donors (Lipinski definition) is 1. The van der Waals surface area contributed by atoms with Gasteiger partial charge in [0, 0.05) is 61.6 Å². The number of nitro benzene ring substituents is 1. The Morgan fingerprint density at radius 2 is 1.33 bits per heavy atom. The number of benzene rings is 5. The van der Waals surface area contributed by atoms with Crippen molar-refractivity contribution in [2.24, 2.45) is 0 Å². The molecule has 0 saturated carbocycles. The molecule has 0 aliphatic carbocycles. The Morgan fingerprint density at radius 1 is 0.756 bits per heavy atom. The number of para-hydroxylation sites is 1. The zero-order chi connectivity index (χ0) is 31.7. The van der Waals surface area contributed by atoms with E-state index < -0.39 is 10.5 Å². The molecule has 1 heterocycles. The molecule has 0 bridgehead atoms. The second-order valence-electron chi connectivity index (χ2n) is 11.0. The minimum atomic E-state index is -1.16. The first-order chi connectivity index (χ1) is 21.7. The first-order valence-corrected chi connectivity index (χ1v) is 14.5. The summed E-state index contributed by atoms with van der Waals surface area (Å²) in [4.78, 5) is 31.2. The number of methoxy groups -OCH3 is 1. The SMILES string of the molecule is COc1ccc(C2(c3ccc(N(C)c4ccccc4)cc3)c3ccc(N(C)C)cc3NC(=O)N2c2ccc([N+](=O)[O-])cc2)cc1. The van der Waals surface area contributed by atoms with Gasteiger partial charge in [-0.1, -0.05) is 48.5 Å². The number of hydrogen-bond acceptors (Lipinski definition) is 6. The summed E-state index contributed by atoms with van der Waals surface area (Å²) >= 11 is 0. The van der Waals surface area contributed by atoms with Gasteiger partial charge in [-0.25, -0.2) is 4.79 Å². The first-order valence-electron chi connectivity index (χ1n) is 14.5. The minimum absolute atomic E-state index is 0.0597. The van der Waals surface area contributed by atoms with Gasteiger partial charge < -0.3 is 19.9 Å². The zero-order valence-electron chi connectivity index (χ0n) is 25.5. The highest BCUT2D eigenvalue weighted by Gasteiger charge is 2.50. The first kappa shape index (κ1) is 29.3. The van der Waals surface area contributed by atoms with Gasteiger partial charge in [-0.3, -0.25) is 15.0 Å². The van der Waals surface area contributed by atoms with Gasteiger partial charge in [0.25, 0.3) is 5.69 Å². The van der Waals surface area contributed by atoms with E-state index in [4.69, 9.17) is 4.74 Å². The number of nitrogens with zero attached hydrogens (tertiary/aromatic N) is 4. The fourth-order valence-corrected chi connectivity index (χ4v) is 6.00. The van der Waals surface area contributed by atoms with Crippen LogP contribution in [0.15, 0.2) is 121 Å². The molecule has 1 aliphatic heterocycles. The van der Waals surface area contributed by atoms with Crippen LogP contribution < -0.4 is 24.8 Å². The molecule has 6 rings (SSSR count). The van der Waals surface area contributed by atoms with Crippen LogP contribution in [0.2, 0.25) is 0 Å². The predicted octanol–water partition coefficient (Wildman–Crippen LogP) is 7.78. The van der Waals surface area contributed by atoms with Crippen LogP contribution in [0.1, 0.15) is 16.7 Å². The molecular weight excluding hydrogens is 566 g/mol. The van der Waals surface area contributed by atoms with E-state index in [9.17, 15) is 14.9 Å². The second kappa shape index (κ2) is 11.7. The second-order valence-corrected chi connectivity index (χ2v) is 11.0. The zero-order valence-corrected chi connectivity index (χ0v) is 25.5. The summed E-state index contributed by atoms with van der Waals surface area (Å²) in [5.74, 6) is 0.680. The van der Waals surface area contributed by atoms with Crippen molar-refractivity contribution in [2.45, 2.75) is 5.54 Å². The van der Waals surface area contributed by atoms with Gasteiger partial charge in [-0.15, -0.1) is 0 Å². The third-order valence-electron chi connectivity index (χ3n) is 8.33. The van der Waals surface area contributed by atoms with Crippen LogP contribution in [-0.2, 0) is 5.54 Å². The van der Waals surface area contributed by atoms with Gasteiger partial charge in [0.2, 0.25) is 0 Å². The molecule has 1 atom stereocenters. The lowest BCUT2D eigenvalue weighted by Gasteiger charge is -2.49. The molecule has 1 aliphatic rings. The van der Waals surface area contributed by atoms with Gasteiger partial charge in [-0.2, -0.15) is 0 Å². The molecule has 0 fully saturated rings. The van der Waals surface area contributed by atoms with Crippen molar-refractivity contribution in [3.05, 3.63) is 148 Å².